The average molecular weight is 223 g/mol. The minimum atomic E-state index is -0.926. The summed E-state index contributed by atoms with van der Waals surface area (Å²) in [5.74, 6) is -0.387. The van der Waals surface area contributed by atoms with E-state index in [0.717, 1.165) is 5.56 Å². The van der Waals surface area contributed by atoms with Crippen LogP contribution in [0, 0.1) is 6.92 Å². The normalized spacial score (nSPS) is 14.9. The number of rotatable bonds is 3. The van der Waals surface area contributed by atoms with Crippen LogP contribution in [0.25, 0.3) is 0 Å². The SMILES string of the molecule is Cc1cc2c(cc1C(CN)C(=O)O)OCO2. The zero-order valence-corrected chi connectivity index (χ0v) is 8.90. The van der Waals surface area contributed by atoms with Gasteiger partial charge < -0.3 is 20.3 Å². The van der Waals surface area contributed by atoms with E-state index in [2.05, 4.69) is 0 Å². The Balaban J connectivity index is 2.44. The fraction of sp³-hybridized carbons (Fsp3) is 0.364. The van der Waals surface area contributed by atoms with E-state index in [1.165, 1.54) is 0 Å². The summed E-state index contributed by atoms with van der Waals surface area (Å²) >= 11 is 0. The Hall–Kier alpha value is -1.75. The molecule has 16 heavy (non-hydrogen) atoms. The van der Waals surface area contributed by atoms with E-state index in [-0.39, 0.29) is 13.3 Å². The topological polar surface area (TPSA) is 81.8 Å². The molecule has 2 rings (SSSR count). The van der Waals surface area contributed by atoms with Crippen molar-refractivity contribution in [2.45, 2.75) is 12.8 Å². The van der Waals surface area contributed by atoms with Gasteiger partial charge in [0.25, 0.3) is 0 Å². The molecule has 0 aliphatic carbocycles. The number of ether oxygens (including phenoxy) is 2. The van der Waals surface area contributed by atoms with Crippen molar-refractivity contribution in [1.29, 1.82) is 0 Å². The van der Waals surface area contributed by atoms with Crippen LogP contribution in [0.5, 0.6) is 11.5 Å². The highest BCUT2D eigenvalue weighted by Crippen LogP contribution is 2.36. The number of fused-ring (bicyclic) bond motifs is 1. The van der Waals surface area contributed by atoms with Gasteiger partial charge in [0.1, 0.15) is 0 Å². The van der Waals surface area contributed by atoms with E-state index in [4.69, 9.17) is 20.3 Å². The molecule has 1 aromatic rings. The van der Waals surface area contributed by atoms with E-state index in [1.807, 2.05) is 6.92 Å². The van der Waals surface area contributed by atoms with Crippen molar-refractivity contribution in [3.8, 4) is 11.5 Å². The highest BCUT2D eigenvalue weighted by molar-refractivity contribution is 5.77. The summed E-state index contributed by atoms with van der Waals surface area (Å²) in [7, 11) is 0. The zero-order chi connectivity index (χ0) is 11.7. The number of hydrogen-bond acceptors (Lipinski definition) is 4. The van der Waals surface area contributed by atoms with Crippen molar-refractivity contribution in [2.75, 3.05) is 13.3 Å². The standard InChI is InChI=1S/C11H13NO4/c1-6-2-9-10(16-5-15-9)3-7(6)8(4-12)11(13)14/h2-3,8H,4-5,12H2,1H3,(H,13,14). The smallest absolute Gasteiger partial charge is 0.312 e. The van der Waals surface area contributed by atoms with Crippen molar-refractivity contribution < 1.29 is 19.4 Å². The minimum absolute atomic E-state index is 0.0653. The van der Waals surface area contributed by atoms with Crippen molar-refractivity contribution in [1.82, 2.24) is 0 Å². The predicted octanol–water partition coefficient (Wildman–Crippen LogP) is 0.851. The Morgan fingerprint density at radius 1 is 1.50 bits per heavy atom. The molecule has 0 fully saturated rings. The van der Waals surface area contributed by atoms with Crippen LogP contribution in [0.2, 0.25) is 0 Å². The largest absolute Gasteiger partial charge is 0.481 e. The molecule has 5 nitrogen and oxygen atoms in total. The van der Waals surface area contributed by atoms with Gasteiger partial charge in [0, 0.05) is 6.54 Å². The van der Waals surface area contributed by atoms with Gasteiger partial charge in [-0.3, -0.25) is 4.79 Å². The highest BCUT2D eigenvalue weighted by atomic mass is 16.7. The summed E-state index contributed by atoms with van der Waals surface area (Å²) in [6.07, 6.45) is 0. The molecule has 0 bridgehead atoms. The van der Waals surface area contributed by atoms with Gasteiger partial charge in [-0.05, 0) is 30.2 Å². The lowest BCUT2D eigenvalue weighted by molar-refractivity contribution is -0.138. The van der Waals surface area contributed by atoms with Crippen LogP contribution < -0.4 is 15.2 Å². The third-order valence-corrected chi connectivity index (χ3v) is 2.67. The van der Waals surface area contributed by atoms with Crippen LogP contribution in [-0.2, 0) is 4.79 Å². The molecule has 0 saturated heterocycles. The molecule has 1 heterocycles. The first-order valence-electron chi connectivity index (χ1n) is 4.96. The summed E-state index contributed by atoms with van der Waals surface area (Å²) in [5, 5.41) is 9.05. The third-order valence-electron chi connectivity index (χ3n) is 2.67. The maximum absolute atomic E-state index is 11.0. The Morgan fingerprint density at radius 2 is 2.12 bits per heavy atom. The lowest BCUT2D eigenvalue weighted by Gasteiger charge is -2.13. The molecule has 1 aliphatic rings. The zero-order valence-electron chi connectivity index (χ0n) is 8.90. The van der Waals surface area contributed by atoms with Gasteiger partial charge in [-0.1, -0.05) is 0 Å². The number of benzene rings is 1. The molecule has 0 aromatic heterocycles. The number of aryl methyl sites for hydroxylation is 1. The van der Waals surface area contributed by atoms with E-state index in [0.29, 0.717) is 17.1 Å². The van der Waals surface area contributed by atoms with Crippen LogP contribution in [0.15, 0.2) is 12.1 Å². The van der Waals surface area contributed by atoms with Gasteiger partial charge in [0.2, 0.25) is 6.79 Å². The van der Waals surface area contributed by atoms with Crippen LogP contribution >= 0.6 is 0 Å². The van der Waals surface area contributed by atoms with E-state index in [1.54, 1.807) is 12.1 Å². The molecule has 0 amide bonds. The van der Waals surface area contributed by atoms with E-state index < -0.39 is 11.9 Å². The monoisotopic (exact) mass is 223 g/mol. The minimum Gasteiger partial charge on any atom is -0.481 e. The second-order valence-corrected chi connectivity index (χ2v) is 3.69. The van der Waals surface area contributed by atoms with Gasteiger partial charge in [0.15, 0.2) is 11.5 Å². The Morgan fingerprint density at radius 3 is 2.69 bits per heavy atom. The van der Waals surface area contributed by atoms with Gasteiger partial charge in [-0.2, -0.15) is 0 Å². The molecular weight excluding hydrogens is 210 g/mol. The first-order chi connectivity index (χ1) is 7.63. The first-order valence-corrected chi connectivity index (χ1v) is 4.96. The Bertz CT molecular complexity index is 430. The van der Waals surface area contributed by atoms with Gasteiger partial charge in [-0.15, -0.1) is 0 Å². The molecule has 0 spiro atoms. The van der Waals surface area contributed by atoms with Gasteiger partial charge >= 0.3 is 5.97 Å². The molecular formula is C11H13NO4. The van der Waals surface area contributed by atoms with Gasteiger partial charge in [-0.25, -0.2) is 0 Å². The summed E-state index contributed by atoms with van der Waals surface area (Å²) in [5.41, 5.74) is 7.00. The number of hydrogen-bond donors (Lipinski definition) is 2. The maximum Gasteiger partial charge on any atom is 0.312 e. The number of nitrogens with two attached hydrogens (primary N) is 1. The van der Waals surface area contributed by atoms with Crippen molar-refractivity contribution in [3.05, 3.63) is 23.3 Å². The third kappa shape index (κ3) is 1.69. The van der Waals surface area contributed by atoms with E-state index in [9.17, 15) is 4.79 Å². The number of carbonyl (C=O) groups is 1. The molecule has 1 aliphatic heterocycles. The molecule has 3 N–H and O–H groups in total. The lowest BCUT2D eigenvalue weighted by atomic mass is 9.94. The van der Waals surface area contributed by atoms with Gasteiger partial charge in [0.05, 0.1) is 5.92 Å². The van der Waals surface area contributed by atoms with Crippen LogP contribution in [-0.4, -0.2) is 24.4 Å². The van der Waals surface area contributed by atoms with Crippen molar-refractivity contribution in [2.24, 2.45) is 5.73 Å². The summed E-state index contributed by atoms with van der Waals surface area (Å²) in [6, 6.07) is 3.48. The number of carboxylic acids is 1. The molecule has 0 saturated carbocycles. The molecule has 1 atom stereocenters. The quantitative estimate of drug-likeness (QED) is 0.793. The number of aliphatic carboxylic acids is 1. The van der Waals surface area contributed by atoms with Crippen LogP contribution in [0.3, 0.4) is 0 Å². The van der Waals surface area contributed by atoms with Crippen molar-refractivity contribution in [3.63, 3.8) is 0 Å². The molecule has 1 aromatic carbocycles. The molecule has 86 valence electrons. The average Bonchev–Trinajstić information content (AvgIpc) is 2.65. The Kier molecular flexibility index (Phi) is 2.70. The fourth-order valence-corrected chi connectivity index (χ4v) is 1.80. The Labute approximate surface area is 92.8 Å². The summed E-state index contributed by atoms with van der Waals surface area (Å²) in [6.45, 7) is 2.08. The summed E-state index contributed by atoms with van der Waals surface area (Å²) < 4.78 is 10.4. The number of carboxylic acid groups (broad SMARTS) is 1. The molecule has 5 heteroatoms. The maximum atomic E-state index is 11.0. The van der Waals surface area contributed by atoms with E-state index >= 15 is 0 Å². The van der Waals surface area contributed by atoms with Crippen molar-refractivity contribution >= 4 is 5.97 Å². The highest BCUT2D eigenvalue weighted by Gasteiger charge is 2.24. The predicted molar refractivity (Wildman–Crippen MR) is 56.7 cm³/mol. The molecule has 1 unspecified atom stereocenters. The second-order valence-electron chi connectivity index (χ2n) is 3.69. The van der Waals surface area contributed by atoms with Crippen LogP contribution in [0.1, 0.15) is 17.0 Å². The molecule has 0 radical (unpaired) electrons. The fourth-order valence-electron chi connectivity index (χ4n) is 1.80. The van der Waals surface area contributed by atoms with Crippen LogP contribution in [0.4, 0.5) is 0 Å². The summed E-state index contributed by atoms with van der Waals surface area (Å²) in [4.78, 5) is 11.0. The second kappa shape index (κ2) is 4.02. The lowest BCUT2D eigenvalue weighted by Crippen LogP contribution is -2.21. The first kappa shape index (κ1) is 10.8.